The molecule has 3 heterocycles. The number of hydrogen-bond acceptors (Lipinski definition) is 13. The Bertz CT molecular complexity index is 604. The number of ether oxygens (including phenoxy) is 5. The second kappa shape index (κ2) is 8.78. The zero-order valence-corrected chi connectivity index (χ0v) is 16.2. The molecule has 30 heavy (non-hydrogen) atoms. The molecule has 4 aliphatic rings. The fraction of sp³-hybridized carbons (Fsp3) is 1.00. The van der Waals surface area contributed by atoms with Crippen LogP contribution in [0.2, 0.25) is 0 Å². The first-order valence-corrected chi connectivity index (χ1v) is 10.1. The van der Waals surface area contributed by atoms with Crippen LogP contribution in [0.1, 0.15) is 6.42 Å². The van der Waals surface area contributed by atoms with Crippen molar-refractivity contribution in [2.45, 2.75) is 92.1 Å². The topological polar surface area (TPSA) is 229 Å². The lowest BCUT2D eigenvalue weighted by Crippen LogP contribution is -2.66. The third-order valence-corrected chi connectivity index (χ3v) is 6.26. The number of nitrogens with two attached hydrogens (primary N) is 3. The van der Waals surface area contributed by atoms with E-state index in [-0.39, 0.29) is 25.2 Å². The fourth-order valence-corrected chi connectivity index (χ4v) is 4.40. The van der Waals surface area contributed by atoms with E-state index >= 15 is 0 Å². The molecule has 0 radical (unpaired) electrons. The van der Waals surface area contributed by atoms with Crippen molar-refractivity contribution < 1.29 is 49.2 Å². The molecule has 0 amide bonds. The van der Waals surface area contributed by atoms with Crippen molar-refractivity contribution in [3.05, 3.63) is 0 Å². The fourth-order valence-electron chi connectivity index (χ4n) is 4.40. The second-order valence-corrected chi connectivity index (χ2v) is 8.33. The zero-order valence-electron chi connectivity index (χ0n) is 16.2. The van der Waals surface area contributed by atoms with Crippen LogP contribution in [-0.2, 0) is 23.7 Å². The highest BCUT2D eigenvalue weighted by Gasteiger charge is 2.58. The Morgan fingerprint density at radius 1 is 0.700 bits per heavy atom. The number of hydrogen-bond donors (Lipinski definition) is 8. The molecule has 0 spiro atoms. The summed E-state index contributed by atoms with van der Waals surface area (Å²) in [5.41, 5.74) is 18.3. The molecule has 1 aliphatic carbocycles. The predicted octanol–water partition coefficient (Wildman–Crippen LogP) is -5.57. The maximum absolute atomic E-state index is 10.6. The lowest BCUT2D eigenvalue weighted by Gasteiger charge is -2.45. The summed E-state index contributed by atoms with van der Waals surface area (Å²) in [6.45, 7) is -0.805. The van der Waals surface area contributed by atoms with Crippen molar-refractivity contribution in [1.82, 2.24) is 0 Å². The van der Waals surface area contributed by atoms with Gasteiger partial charge in [0.2, 0.25) is 0 Å². The molecule has 3 aliphatic heterocycles. The summed E-state index contributed by atoms with van der Waals surface area (Å²) in [4.78, 5) is 0. The van der Waals surface area contributed by atoms with E-state index in [4.69, 9.17) is 40.9 Å². The molecule has 0 aromatic rings. The summed E-state index contributed by atoms with van der Waals surface area (Å²) in [5.74, 6) is 0. The van der Waals surface area contributed by atoms with Gasteiger partial charge < -0.3 is 66.4 Å². The van der Waals surface area contributed by atoms with Crippen molar-refractivity contribution in [2.24, 2.45) is 17.2 Å². The van der Waals surface area contributed by atoms with E-state index in [9.17, 15) is 25.5 Å². The van der Waals surface area contributed by atoms with E-state index in [1.54, 1.807) is 0 Å². The van der Waals surface area contributed by atoms with Crippen molar-refractivity contribution in [1.29, 1.82) is 0 Å². The molecule has 4 fully saturated rings. The highest BCUT2D eigenvalue weighted by atomic mass is 16.7. The minimum atomic E-state index is -1.46. The van der Waals surface area contributed by atoms with Crippen LogP contribution in [-0.4, -0.2) is 124 Å². The van der Waals surface area contributed by atoms with Gasteiger partial charge in [0.1, 0.15) is 48.8 Å². The summed E-state index contributed by atoms with van der Waals surface area (Å²) in [6.07, 6.45) is -10.5. The number of epoxide rings is 1. The van der Waals surface area contributed by atoms with Gasteiger partial charge in [0.15, 0.2) is 12.6 Å². The maximum Gasteiger partial charge on any atom is 0.187 e. The molecule has 14 atom stereocenters. The lowest BCUT2D eigenvalue weighted by molar-refractivity contribution is -0.286. The third kappa shape index (κ3) is 3.99. The predicted molar refractivity (Wildman–Crippen MR) is 96.5 cm³/mol. The average Bonchev–Trinajstić information content (AvgIpc) is 3.48. The summed E-state index contributed by atoms with van der Waals surface area (Å²) < 4.78 is 28.2. The SMILES string of the molecule is NC1C2O[C@H]2C(CO)O[C@@H]1O[C@@H]1C(N)C[C@@H](N)[C@@H](O)C1O[C@@H]1O[C@H](CO)C(O)C1O. The summed E-state index contributed by atoms with van der Waals surface area (Å²) in [7, 11) is 0. The van der Waals surface area contributed by atoms with Crippen LogP contribution >= 0.6 is 0 Å². The van der Waals surface area contributed by atoms with Crippen LogP contribution in [0.25, 0.3) is 0 Å². The van der Waals surface area contributed by atoms with E-state index in [1.165, 1.54) is 0 Å². The Hall–Kier alpha value is -0.520. The van der Waals surface area contributed by atoms with Gasteiger partial charge in [-0.1, -0.05) is 0 Å². The first-order chi connectivity index (χ1) is 14.3. The summed E-state index contributed by atoms with van der Waals surface area (Å²) >= 11 is 0. The first kappa shape index (κ1) is 22.7. The van der Waals surface area contributed by atoms with Crippen LogP contribution in [0.5, 0.6) is 0 Å². The Morgan fingerprint density at radius 2 is 1.33 bits per heavy atom. The van der Waals surface area contributed by atoms with Gasteiger partial charge in [-0.3, -0.25) is 0 Å². The lowest BCUT2D eigenvalue weighted by atomic mass is 9.84. The van der Waals surface area contributed by atoms with Crippen molar-refractivity contribution >= 4 is 0 Å². The Kier molecular flexibility index (Phi) is 6.64. The molecule has 1 saturated carbocycles. The molecule has 0 bridgehead atoms. The first-order valence-electron chi connectivity index (χ1n) is 10.1. The van der Waals surface area contributed by atoms with Crippen LogP contribution < -0.4 is 17.2 Å². The normalized spacial score (nSPS) is 56.0. The monoisotopic (exact) mass is 437 g/mol. The molecule has 13 heteroatoms. The number of fused-ring (bicyclic) bond motifs is 1. The highest BCUT2D eigenvalue weighted by molar-refractivity contribution is 5.05. The second-order valence-electron chi connectivity index (χ2n) is 8.33. The number of rotatable bonds is 6. The molecular weight excluding hydrogens is 406 g/mol. The van der Waals surface area contributed by atoms with Crippen LogP contribution in [0.15, 0.2) is 0 Å². The van der Waals surface area contributed by atoms with Crippen molar-refractivity contribution in [3.63, 3.8) is 0 Å². The number of aliphatic hydroxyl groups is 5. The smallest absolute Gasteiger partial charge is 0.187 e. The Balaban J connectivity index is 1.49. The standard InChI is InChI=1S/C17H31N3O10/c18-4-1-5(19)12(29-16-8(20)14-13(28-14)7(3-22)27-16)15(9(4)23)30-17-11(25)10(24)6(2-21)26-17/h4-17,21-25H,1-3,18-20H2/t4-,5?,6-,7?,8?,9-,10?,11?,12-,13+,14?,15?,16-,17+/m1/s1. The largest absolute Gasteiger partial charge is 0.394 e. The molecule has 174 valence electrons. The summed E-state index contributed by atoms with van der Waals surface area (Å²) in [5, 5.41) is 49.5. The molecule has 4 rings (SSSR count). The average molecular weight is 437 g/mol. The van der Waals surface area contributed by atoms with Crippen molar-refractivity contribution in [3.8, 4) is 0 Å². The van der Waals surface area contributed by atoms with E-state index in [1.807, 2.05) is 0 Å². The van der Waals surface area contributed by atoms with Gasteiger partial charge in [0.25, 0.3) is 0 Å². The van der Waals surface area contributed by atoms with Gasteiger partial charge in [-0.2, -0.15) is 0 Å². The Morgan fingerprint density at radius 3 is 1.97 bits per heavy atom. The minimum absolute atomic E-state index is 0.218. The van der Waals surface area contributed by atoms with Gasteiger partial charge in [-0.05, 0) is 6.42 Å². The molecule has 3 saturated heterocycles. The minimum Gasteiger partial charge on any atom is -0.394 e. The quantitative estimate of drug-likeness (QED) is 0.181. The zero-order chi connectivity index (χ0) is 21.7. The molecular formula is C17H31N3O10. The van der Waals surface area contributed by atoms with Gasteiger partial charge in [0, 0.05) is 12.1 Å². The molecule has 0 aromatic carbocycles. The number of aliphatic hydroxyl groups excluding tert-OH is 5. The Labute approximate surface area is 172 Å². The molecule has 13 nitrogen and oxygen atoms in total. The van der Waals surface area contributed by atoms with Crippen LogP contribution in [0.4, 0.5) is 0 Å². The van der Waals surface area contributed by atoms with Gasteiger partial charge in [0.05, 0.1) is 25.4 Å². The van der Waals surface area contributed by atoms with Crippen LogP contribution in [0, 0.1) is 0 Å². The highest BCUT2D eigenvalue weighted by Crippen LogP contribution is 2.38. The third-order valence-electron chi connectivity index (χ3n) is 6.26. The molecule has 11 N–H and O–H groups in total. The van der Waals surface area contributed by atoms with E-state index in [0.29, 0.717) is 0 Å². The maximum atomic E-state index is 10.6. The van der Waals surface area contributed by atoms with Gasteiger partial charge in [-0.15, -0.1) is 0 Å². The molecule has 0 aromatic heterocycles. The van der Waals surface area contributed by atoms with E-state index in [2.05, 4.69) is 0 Å². The van der Waals surface area contributed by atoms with Gasteiger partial charge in [-0.25, -0.2) is 0 Å². The molecule has 7 unspecified atom stereocenters. The van der Waals surface area contributed by atoms with Crippen LogP contribution in [0.3, 0.4) is 0 Å². The van der Waals surface area contributed by atoms with E-state index in [0.717, 1.165) is 0 Å². The summed E-state index contributed by atoms with van der Waals surface area (Å²) in [6, 6.07) is -2.05. The van der Waals surface area contributed by atoms with Gasteiger partial charge >= 0.3 is 0 Å². The van der Waals surface area contributed by atoms with E-state index < -0.39 is 80.0 Å². The van der Waals surface area contributed by atoms with Crippen molar-refractivity contribution in [2.75, 3.05) is 13.2 Å².